The first-order chi connectivity index (χ1) is 13.6. The lowest BCUT2D eigenvalue weighted by Gasteiger charge is -2.16. The zero-order valence-electron chi connectivity index (χ0n) is 16.0. The van der Waals surface area contributed by atoms with Crippen LogP contribution in [0.1, 0.15) is 23.4 Å². The lowest BCUT2D eigenvalue weighted by atomic mass is 10.2. The van der Waals surface area contributed by atoms with Crippen molar-refractivity contribution in [3.63, 3.8) is 0 Å². The first-order valence-electron chi connectivity index (χ1n) is 8.97. The molecule has 1 fully saturated rings. The van der Waals surface area contributed by atoms with E-state index in [1.54, 1.807) is 32.2 Å². The fraction of sp³-hybridized carbons (Fsp3) is 0.350. The molecule has 1 atom stereocenters. The van der Waals surface area contributed by atoms with Crippen LogP contribution in [0.3, 0.4) is 0 Å². The minimum Gasteiger partial charge on any atom is -0.485 e. The number of aryl methyl sites for hydroxylation is 2. The molecule has 0 radical (unpaired) electrons. The standard InChI is InChI=1S/C20H21F2NO5S/c1-13-9-16(24)10-14(2)23(13)7-5-15-3-4-18(28-20(21)22)19(11-15)27-17-6-8-29(25,26)12-17/h3-5,7,9-11,17,20H,6,8,12H2,1-2H3/b7-5+/t17-/m1/s1. The summed E-state index contributed by atoms with van der Waals surface area (Å²) >= 11 is 0. The van der Waals surface area contributed by atoms with E-state index in [-0.39, 0.29) is 28.4 Å². The molecule has 3 rings (SSSR count). The molecule has 2 heterocycles. The van der Waals surface area contributed by atoms with Gasteiger partial charge in [0.05, 0.1) is 11.5 Å². The van der Waals surface area contributed by atoms with Crippen LogP contribution >= 0.6 is 0 Å². The number of rotatable bonds is 6. The Balaban J connectivity index is 1.89. The maximum atomic E-state index is 12.7. The van der Waals surface area contributed by atoms with Crippen LogP contribution in [-0.4, -0.2) is 37.2 Å². The molecule has 1 aromatic heterocycles. The van der Waals surface area contributed by atoms with Crippen LogP contribution < -0.4 is 14.9 Å². The van der Waals surface area contributed by atoms with Crippen molar-refractivity contribution in [2.45, 2.75) is 33.0 Å². The van der Waals surface area contributed by atoms with Gasteiger partial charge in [0, 0.05) is 29.7 Å². The van der Waals surface area contributed by atoms with Crippen molar-refractivity contribution in [3.05, 3.63) is 57.5 Å². The highest BCUT2D eigenvalue weighted by Crippen LogP contribution is 2.33. The summed E-state index contributed by atoms with van der Waals surface area (Å²) in [7, 11) is -3.18. The van der Waals surface area contributed by atoms with Crippen molar-refractivity contribution >= 4 is 22.1 Å². The number of nitrogens with zero attached hydrogens (tertiary/aromatic N) is 1. The molecule has 29 heavy (non-hydrogen) atoms. The molecule has 1 aliphatic rings. The summed E-state index contributed by atoms with van der Waals surface area (Å²) in [5.41, 5.74) is 2.05. The van der Waals surface area contributed by atoms with Crippen molar-refractivity contribution in [2.75, 3.05) is 11.5 Å². The third-order valence-corrected chi connectivity index (χ3v) is 6.28. The summed E-state index contributed by atoms with van der Waals surface area (Å²) in [6, 6.07) is 7.47. The molecule has 0 unspecified atom stereocenters. The molecule has 1 aliphatic heterocycles. The molecular formula is C20H21F2NO5S. The molecule has 0 aliphatic carbocycles. The number of pyridine rings is 1. The Labute approximate surface area is 167 Å². The van der Waals surface area contributed by atoms with Crippen LogP contribution in [0.25, 0.3) is 12.3 Å². The van der Waals surface area contributed by atoms with Gasteiger partial charge in [-0.1, -0.05) is 6.07 Å². The van der Waals surface area contributed by atoms with Gasteiger partial charge in [0.1, 0.15) is 6.10 Å². The topological polar surface area (TPSA) is 74.6 Å². The molecule has 0 bridgehead atoms. The molecule has 0 amide bonds. The summed E-state index contributed by atoms with van der Waals surface area (Å²) in [5.74, 6) is -0.246. The number of aromatic nitrogens is 1. The third-order valence-electron chi connectivity index (χ3n) is 4.55. The van der Waals surface area contributed by atoms with Crippen molar-refractivity contribution in [2.24, 2.45) is 0 Å². The SMILES string of the molecule is Cc1cc(=O)cc(C)n1/C=C/c1ccc(OC(F)F)c(O[C@@H]2CCS(=O)(=O)C2)c1. The van der Waals surface area contributed by atoms with E-state index < -0.39 is 22.6 Å². The summed E-state index contributed by atoms with van der Waals surface area (Å²) in [6.45, 7) is 0.568. The second-order valence-corrected chi connectivity index (χ2v) is 9.12. The van der Waals surface area contributed by atoms with Gasteiger partial charge in [-0.3, -0.25) is 4.79 Å². The Morgan fingerprint density at radius 2 is 1.83 bits per heavy atom. The molecule has 0 saturated carbocycles. The first kappa shape index (κ1) is 21.0. The average Bonchev–Trinajstić information content (AvgIpc) is 2.94. The highest BCUT2D eigenvalue weighted by Gasteiger charge is 2.30. The van der Waals surface area contributed by atoms with Gasteiger partial charge >= 0.3 is 6.61 Å². The van der Waals surface area contributed by atoms with Gasteiger partial charge in [0.2, 0.25) is 0 Å². The van der Waals surface area contributed by atoms with Crippen molar-refractivity contribution in [1.29, 1.82) is 0 Å². The maximum Gasteiger partial charge on any atom is 0.387 e. The number of sulfone groups is 1. The van der Waals surface area contributed by atoms with E-state index in [0.717, 1.165) is 11.4 Å². The Hall–Kier alpha value is -2.68. The zero-order valence-corrected chi connectivity index (χ0v) is 16.8. The number of halogens is 2. The Kier molecular flexibility index (Phi) is 6.07. The molecular weight excluding hydrogens is 404 g/mol. The number of benzene rings is 1. The van der Waals surface area contributed by atoms with Crippen LogP contribution in [0.4, 0.5) is 8.78 Å². The van der Waals surface area contributed by atoms with Crippen LogP contribution in [-0.2, 0) is 9.84 Å². The highest BCUT2D eigenvalue weighted by atomic mass is 32.2. The Bertz CT molecular complexity index is 1070. The minimum absolute atomic E-state index is 0.00714. The van der Waals surface area contributed by atoms with Gasteiger partial charge < -0.3 is 14.0 Å². The smallest absolute Gasteiger partial charge is 0.387 e. The molecule has 6 nitrogen and oxygen atoms in total. The molecule has 1 saturated heterocycles. The van der Waals surface area contributed by atoms with E-state index in [0.29, 0.717) is 12.0 Å². The summed E-state index contributed by atoms with van der Waals surface area (Å²) in [5, 5.41) is 0. The van der Waals surface area contributed by atoms with Gasteiger partial charge in [-0.25, -0.2) is 8.42 Å². The van der Waals surface area contributed by atoms with Crippen LogP contribution in [0.2, 0.25) is 0 Å². The predicted molar refractivity (Wildman–Crippen MR) is 106 cm³/mol. The molecule has 156 valence electrons. The number of alkyl halides is 2. The quantitative estimate of drug-likeness (QED) is 0.710. The van der Waals surface area contributed by atoms with E-state index in [4.69, 9.17) is 4.74 Å². The van der Waals surface area contributed by atoms with E-state index in [1.807, 2.05) is 4.57 Å². The molecule has 9 heteroatoms. The molecule has 0 N–H and O–H groups in total. The zero-order chi connectivity index (χ0) is 21.2. The van der Waals surface area contributed by atoms with Crippen molar-refractivity contribution in [3.8, 4) is 11.5 Å². The second kappa shape index (κ2) is 8.36. The Morgan fingerprint density at radius 1 is 1.14 bits per heavy atom. The van der Waals surface area contributed by atoms with Gasteiger partial charge in [-0.2, -0.15) is 8.78 Å². The van der Waals surface area contributed by atoms with Gasteiger partial charge in [0.15, 0.2) is 26.8 Å². The van der Waals surface area contributed by atoms with E-state index in [2.05, 4.69) is 4.74 Å². The number of hydrogen-bond acceptors (Lipinski definition) is 5. The largest absolute Gasteiger partial charge is 0.485 e. The second-order valence-electron chi connectivity index (χ2n) is 6.89. The van der Waals surface area contributed by atoms with Crippen LogP contribution in [0.15, 0.2) is 35.1 Å². The fourth-order valence-corrected chi connectivity index (χ4v) is 4.80. The molecule has 0 spiro atoms. The van der Waals surface area contributed by atoms with Crippen molar-refractivity contribution < 1.29 is 26.7 Å². The van der Waals surface area contributed by atoms with Gasteiger partial charge in [0.25, 0.3) is 0 Å². The summed E-state index contributed by atoms with van der Waals surface area (Å²) in [6.07, 6.45) is 3.17. The normalized spacial score (nSPS) is 18.4. The van der Waals surface area contributed by atoms with E-state index >= 15 is 0 Å². The molecule has 1 aromatic carbocycles. The van der Waals surface area contributed by atoms with E-state index in [1.165, 1.54) is 24.3 Å². The van der Waals surface area contributed by atoms with Gasteiger partial charge in [-0.05, 0) is 44.0 Å². The summed E-state index contributed by atoms with van der Waals surface area (Å²) < 4.78 is 60.7. The predicted octanol–water partition coefficient (Wildman–Crippen LogP) is 3.26. The number of ether oxygens (including phenoxy) is 2. The minimum atomic E-state index is -3.18. The summed E-state index contributed by atoms with van der Waals surface area (Å²) in [4.78, 5) is 11.5. The van der Waals surface area contributed by atoms with Crippen molar-refractivity contribution in [1.82, 2.24) is 4.57 Å². The van der Waals surface area contributed by atoms with Gasteiger partial charge in [-0.15, -0.1) is 0 Å². The molecule has 2 aromatic rings. The fourth-order valence-electron chi connectivity index (χ4n) is 3.21. The maximum absolute atomic E-state index is 12.7. The lowest BCUT2D eigenvalue weighted by molar-refractivity contribution is -0.0519. The van der Waals surface area contributed by atoms with Crippen LogP contribution in [0.5, 0.6) is 11.5 Å². The monoisotopic (exact) mass is 425 g/mol. The van der Waals surface area contributed by atoms with E-state index in [9.17, 15) is 22.0 Å². The highest BCUT2D eigenvalue weighted by molar-refractivity contribution is 7.91. The average molecular weight is 425 g/mol. The number of hydrogen-bond donors (Lipinski definition) is 0. The first-order valence-corrected chi connectivity index (χ1v) is 10.8. The third kappa shape index (κ3) is 5.44. The lowest BCUT2D eigenvalue weighted by Crippen LogP contribution is -2.18. The Morgan fingerprint density at radius 3 is 2.41 bits per heavy atom. The van der Waals surface area contributed by atoms with Crippen LogP contribution in [0, 0.1) is 13.8 Å².